The molecule has 1 atom stereocenters. The first-order chi connectivity index (χ1) is 17.4. The van der Waals surface area contributed by atoms with E-state index in [0.29, 0.717) is 29.4 Å². The second-order valence-corrected chi connectivity index (χ2v) is 10.6. The lowest BCUT2D eigenvalue weighted by molar-refractivity contribution is 0.365. The van der Waals surface area contributed by atoms with Crippen LogP contribution in [0.2, 0.25) is 5.02 Å². The van der Waals surface area contributed by atoms with Crippen molar-refractivity contribution in [3.8, 4) is 11.4 Å². The standard InChI is InChI=1S/C28H31ClN3O3P/c1-19-7-8-22(15-20(19)2)16-26(24-5-3-6-25(29)17-24)28-31-27(32-35-28)23-11-9-21(10-12-23)18-30-13-4-14-36(33)34/h3,5-12,15,17,26,30,33-34H,4,13-14,16,18H2,1-2H3. The molecule has 8 heteroatoms. The first-order valence-electron chi connectivity index (χ1n) is 12.0. The molecular weight excluding hydrogens is 493 g/mol. The van der Waals surface area contributed by atoms with Crippen molar-refractivity contribution in [2.75, 3.05) is 12.7 Å². The molecule has 188 valence electrons. The molecule has 0 aliphatic rings. The van der Waals surface area contributed by atoms with Crippen LogP contribution in [0.3, 0.4) is 0 Å². The van der Waals surface area contributed by atoms with Gasteiger partial charge >= 0.3 is 0 Å². The molecule has 0 aliphatic carbocycles. The Bertz CT molecular complexity index is 1280. The Balaban J connectivity index is 1.50. The van der Waals surface area contributed by atoms with Crippen LogP contribution in [-0.2, 0) is 13.0 Å². The molecule has 3 N–H and O–H groups in total. The minimum atomic E-state index is -1.81. The molecule has 0 aliphatic heterocycles. The fraction of sp³-hybridized carbons (Fsp3) is 0.286. The lowest BCUT2D eigenvalue weighted by Crippen LogP contribution is -2.15. The molecule has 0 saturated carbocycles. The number of hydrogen-bond donors (Lipinski definition) is 3. The normalized spacial score (nSPS) is 12.3. The van der Waals surface area contributed by atoms with Crippen molar-refractivity contribution in [1.29, 1.82) is 0 Å². The number of halogens is 1. The summed E-state index contributed by atoms with van der Waals surface area (Å²) < 4.78 is 5.79. The Hall–Kier alpha value is -2.60. The second kappa shape index (κ2) is 12.6. The minimum Gasteiger partial charge on any atom is -0.350 e. The molecule has 4 aromatic rings. The Morgan fingerprint density at radius 2 is 1.75 bits per heavy atom. The smallest absolute Gasteiger partial charge is 0.234 e. The van der Waals surface area contributed by atoms with Gasteiger partial charge < -0.3 is 19.6 Å². The molecule has 1 unspecified atom stereocenters. The predicted molar refractivity (Wildman–Crippen MR) is 145 cm³/mol. The summed E-state index contributed by atoms with van der Waals surface area (Å²) in [6, 6.07) is 22.4. The third kappa shape index (κ3) is 7.22. The van der Waals surface area contributed by atoms with Crippen LogP contribution in [0.5, 0.6) is 0 Å². The number of benzene rings is 3. The third-order valence-electron chi connectivity index (χ3n) is 6.25. The zero-order chi connectivity index (χ0) is 25.5. The topological polar surface area (TPSA) is 91.4 Å². The van der Waals surface area contributed by atoms with Crippen LogP contribution in [0.4, 0.5) is 0 Å². The lowest BCUT2D eigenvalue weighted by Gasteiger charge is -2.15. The van der Waals surface area contributed by atoms with Crippen molar-refractivity contribution in [2.24, 2.45) is 0 Å². The summed E-state index contributed by atoms with van der Waals surface area (Å²) in [5.41, 5.74) is 6.77. The zero-order valence-corrected chi connectivity index (χ0v) is 22.1. The van der Waals surface area contributed by atoms with Crippen LogP contribution in [-0.4, -0.2) is 32.6 Å². The number of nitrogens with one attached hydrogen (secondary N) is 1. The van der Waals surface area contributed by atoms with Crippen molar-refractivity contribution < 1.29 is 14.3 Å². The lowest BCUT2D eigenvalue weighted by atomic mass is 9.90. The molecule has 0 spiro atoms. The van der Waals surface area contributed by atoms with Gasteiger partial charge in [0, 0.05) is 23.3 Å². The summed E-state index contributed by atoms with van der Waals surface area (Å²) in [4.78, 5) is 22.7. The third-order valence-corrected chi connectivity index (χ3v) is 7.21. The van der Waals surface area contributed by atoms with Crippen molar-refractivity contribution in [3.05, 3.63) is 105 Å². The van der Waals surface area contributed by atoms with E-state index in [9.17, 15) is 0 Å². The molecule has 1 heterocycles. The van der Waals surface area contributed by atoms with E-state index in [0.717, 1.165) is 36.1 Å². The van der Waals surface area contributed by atoms with Crippen molar-refractivity contribution in [3.63, 3.8) is 0 Å². The molecule has 36 heavy (non-hydrogen) atoms. The predicted octanol–water partition coefficient (Wildman–Crippen LogP) is 6.16. The molecule has 1 aromatic heterocycles. The van der Waals surface area contributed by atoms with E-state index >= 15 is 0 Å². The first-order valence-corrected chi connectivity index (χ1v) is 13.8. The Labute approximate surface area is 218 Å². The minimum absolute atomic E-state index is 0.116. The summed E-state index contributed by atoms with van der Waals surface area (Å²) >= 11 is 6.32. The molecule has 3 aromatic carbocycles. The van der Waals surface area contributed by atoms with Gasteiger partial charge in [-0.05, 0) is 73.2 Å². The van der Waals surface area contributed by atoms with E-state index in [2.05, 4.69) is 42.5 Å². The highest BCUT2D eigenvalue weighted by molar-refractivity contribution is 7.45. The van der Waals surface area contributed by atoms with Crippen LogP contribution in [0.25, 0.3) is 11.4 Å². The molecule has 6 nitrogen and oxygen atoms in total. The van der Waals surface area contributed by atoms with Crippen LogP contribution < -0.4 is 5.32 Å². The van der Waals surface area contributed by atoms with Gasteiger partial charge in [0.1, 0.15) is 0 Å². The zero-order valence-electron chi connectivity index (χ0n) is 20.5. The SMILES string of the molecule is Cc1ccc(CC(c2cccc(Cl)c2)c2nc(-c3ccc(CNCCCP(O)O)cc3)no2)cc1C. The van der Waals surface area contributed by atoms with Crippen LogP contribution in [0, 0.1) is 13.8 Å². The summed E-state index contributed by atoms with van der Waals surface area (Å²) in [7, 11) is -1.81. The van der Waals surface area contributed by atoms with Gasteiger partial charge in [-0.3, -0.25) is 0 Å². The Kier molecular flexibility index (Phi) is 9.24. The van der Waals surface area contributed by atoms with E-state index < -0.39 is 8.38 Å². The quantitative estimate of drug-likeness (QED) is 0.161. The maximum atomic E-state index is 8.98. The molecule has 0 radical (unpaired) electrons. The van der Waals surface area contributed by atoms with Gasteiger partial charge in [0.15, 0.2) is 8.38 Å². The van der Waals surface area contributed by atoms with Crippen LogP contribution in [0.1, 0.15) is 46.0 Å². The monoisotopic (exact) mass is 523 g/mol. The number of aromatic nitrogens is 2. The van der Waals surface area contributed by atoms with Gasteiger partial charge in [-0.1, -0.05) is 71.4 Å². The van der Waals surface area contributed by atoms with Gasteiger partial charge in [0.05, 0.1) is 5.92 Å². The highest BCUT2D eigenvalue weighted by Crippen LogP contribution is 2.31. The number of hydrogen-bond acceptors (Lipinski definition) is 6. The Morgan fingerprint density at radius 1 is 0.972 bits per heavy atom. The van der Waals surface area contributed by atoms with Gasteiger partial charge in [-0.25, -0.2) is 0 Å². The average Bonchev–Trinajstić information content (AvgIpc) is 3.34. The molecule has 0 amide bonds. The highest BCUT2D eigenvalue weighted by atomic mass is 35.5. The number of nitrogens with zero attached hydrogens (tertiary/aromatic N) is 2. The molecular formula is C28H31ClN3O3P. The van der Waals surface area contributed by atoms with E-state index in [-0.39, 0.29) is 5.92 Å². The van der Waals surface area contributed by atoms with Gasteiger partial charge in [-0.15, -0.1) is 0 Å². The van der Waals surface area contributed by atoms with Crippen LogP contribution in [0.15, 0.2) is 71.3 Å². The van der Waals surface area contributed by atoms with Crippen LogP contribution >= 0.6 is 20.0 Å². The van der Waals surface area contributed by atoms with E-state index in [1.807, 2.05) is 48.5 Å². The fourth-order valence-electron chi connectivity index (χ4n) is 4.08. The van der Waals surface area contributed by atoms with Gasteiger partial charge in [0.2, 0.25) is 11.7 Å². The summed E-state index contributed by atoms with van der Waals surface area (Å²) in [6.45, 7) is 5.68. The maximum Gasteiger partial charge on any atom is 0.234 e. The molecule has 0 bridgehead atoms. The summed E-state index contributed by atoms with van der Waals surface area (Å²) in [5.74, 6) is 0.995. The largest absolute Gasteiger partial charge is 0.350 e. The fourth-order valence-corrected chi connectivity index (χ4v) is 4.72. The number of rotatable bonds is 11. The highest BCUT2D eigenvalue weighted by Gasteiger charge is 2.23. The molecule has 4 rings (SSSR count). The molecule has 0 saturated heterocycles. The van der Waals surface area contributed by atoms with Crippen molar-refractivity contribution in [1.82, 2.24) is 15.5 Å². The van der Waals surface area contributed by atoms with Gasteiger partial charge in [0.25, 0.3) is 0 Å². The molecule has 0 fully saturated rings. The summed E-state index contributed by atoms with van der Waals surface area (Å²) in [5, 5.41) is 8.27. The Morgan fingerprint density at radius 3 is 2.47 bits per heavy atom. The van der Waals surface area contributed by atoms with Gasteiger partial charge in [-0.2, -0.15) is 4.98 Å². The van der Waals surface area contributed by atoms with Crippen molar-refractivity contribution in [2.45, 2.75) is 39.2 Å². The average molecular weight is 524 g/mol. The number of aryl methyl sites for hydroxylation is 2. The van der Waals surface area contributed by atoms with E-state index in [4.69, 9.17) is 30.9 Å². The second-order valence-electron chi connectivity index (χ2n) is 9.01. The van der Waals surface area contributed by atoms with E-state index in [1.54, 1.807) is 0 Å². The van der Waals surface area contributed by atoms with Crippen molar-refractivity contribution >= 4 is 20.0 Å². The summed E-state index contributed by atoms with van der Waals surface area (Å²) in [6.07, 6.45) is 1.89. The maximum absolute atomic E-state index is 8.98. The van der Waals surface area contributed by atoms with E-state index in [1.165, 1.54) is 16.7 Å². The first kappa shape index (κ1) is 26.5.